The fraction of sp³-hybridized carbons (Fsp3) is 0.667. The Kier molecular flexibility index (Phi) is 10.8. The van der Waals surface area contributed by atoms with Crippen LogP contribution in [0.15, 0.2) is 23.3 Å². The SMILES string of the molecule is CCCCNC(=NC)NCc1ccnc(N2CCN(CC)CC2)c1.I. The summed E-state index contributed by atoms with van der Waals surface area (Å²) in [6.07, 6.45) is 4.25. The van der Waals surface area contributed by atoms with Gasteiger partial charge in [0.25, 0.3) is 0 Å². The zero-order valence-corrected chi connectivity index (χ0v) is 18.1. The van der Waals surface area contributed by atoms with Crippen LogP contribution < -0.4 is 15.5 Å². The van der Waals surface area contributed by atoms with Gasteiger partial charge in [0.2, 0.25) is 0 Å². The molecule has 0 bridgehead atoms. The van der Waals surface area contributed by atoms with Gasteiger partial charge < -0.3 is 20.4 Å². The van der Waals surface area contributed by atoms with Gasteiger partial charge in [-0.05, 0) is 30.7 Å². The Morgan fingerprint density at radius 2 is 1.96 bits per heavy atom. The van der Waals surface area contributed by atoms with E-state index in [4.69, 9.17) is 0 Å². The highest BCUT2D eigenvalue weighted by atomic mass is 127. The summed E-state index contributed by atoms with van der Waals surface area (Å²) in [5.74, 6) is 1.94. The second-order valence-electron chi connectivity index (χ2n) is 6.15. The highest BCUT2D eigenvalue weighted by Gasteiger charge is 2.16. The van der Waals surface area contributed by atoms with Crippen molar-refractivity contribution in [2.24, 2.45) is 4.99 Å². The van der Waals surface area contributed by atoms with E-state index < -0.39 is 0 Å². The van der Waals surface area contributed by atoms with Gasteiger partial charge >= 0.3 is 0 Å². The lowest BCUT2D eigenvalue weighted by Gasteiger charge is -2.34. The monoisotopic (exact) mass is 460 g/mol. The van der Waals surface area contributed by atoms with Crippen LogP contribution in [0.25, 0.3) is 0 Å². The molecular formula is C18H33IN6. The number of likely N-dealkylation sites (N-methyl/N-ethyl adjacent to an activating group) is 1. The number of piperazine rings is 1. The maximum Gasteiger partial charge on any atom is 0.191 e. The maximum atomic E-state index is 4.56. The highest BCUT2D eigenvalue weighted by Crippen LogP contribution is 2.15. The Hall–Kier alpha value is -1.09. The van der Waals surface area contributed by atoms with E-state index in [9.17, 15) is 0 Å². The first-order valence-corrected chi connectivity index (χ1v) is 9.13. The summed E-state index contributed by atoms with van der Waals surface area (Å²) in [5, 5.41) is 6.71. The number of hydrogen-bond acceptors (Lipinski definition) is 4. The lowest BCUT2D eigenvalue weighted by molar-refractivity contribution is 0.270. The van der Waals surface area contributed by atoms with Gasteiger partial charge in [0.15, 0.2) is 5.96 Å². The molecule has 0 atom stereocenters. The molecule has 25 heavy (non-hydrogen) atoms. The minimum Gasteiger partial charge on any atom is -0.356 e. The minimum absolute atomic E-state index is 0. The smallest absolute Gasteiger partial charge is 0.191 e. The van der Waals surface area contributed by atoms with Gasteiger partial charge in [0.1, 0.15) is 5.82 Å². The lowest BCUT2D eigenvalue weighted by Crippen LogP contribution is -2.46. The molecule has 0 aromatic carbocycles. The first-order chi connectivity index (χ1) is 11.8. The molecule has 0 saturated carbocycles. The Morgan fingerprint density at radius 3 is 2.60 bits per heavy atom. The topological polar surface area (TPSA) is 55.8 Å². The van der Waals surface area contributed by atoms with Crippen molar-refractivity contribution in [3.63, 3.8) is 0 Å². The Morgan fingerprint density at radius 1 is 1.20 bits per heavy atom. The van der Waals surface area contributed by atoms with Crippen molar-refractivity contribution < 1.29 is 0 Å². The number of nitrogens with one attached hydrogen (secondary N) is 2. The molecule has 2 N–H and O–H groups in total. The molecule has 0 unspecified atom stereocenters. The van der Waals surface area contributed by atoms with Gasteiger partial charge in [-0.3, -0.25) is 4.99 Å². The van der Waals surface area contributed by atoms with E-state index in [1.807, 2.05) is 13.2 Å². The molecule has 1 saturated heterocycles. The standard InChI is InChI=1S/C18H32N6.HI/c1-4-6-8-21-18(19-3)22-15-16-7-9-20-17(14-16)24-12-10-23(5-2)11-13-24;/h7,9,14H,4-6,8,10-13,15H2,1-3H3,(H2,19,21,22);1H. The van der Waals surface area contributed by atoms with Crippen molar-refractivity contribution in [2.75, 3.05) is 51.2 Å². The number of halogens is 1. The number of guanidine groups is 1. The summed E-state index contributed by atoms with van der Waals surface area (Å²) in [6, 6.07) is 4.26. The van der Waals surface area contributed by atoms with E-state index in [0.717, 1.165) is 64.0 Å². The van der Waals surface area contributed by atoms with Gasteiger partial charge in [-0.2, -0.15) is 0 Å². The van der Waals surface area contributed by atoms with Crippen LogP contribution in [-0.4, -0.2) is 62.2 Å². The average molecular weight is 460 g/mol. The number of anilines is 1. The molecule has 1 aromatic heterocycles. The third kappa shape index (κ3) is 7.35. The van der Waals surface area contributed by atoms with Gasteiger partial charge in [-0.25, -0.2) is 4.98 Å². The molecule has 0 radical (unpaired) electrons. The van der Waals surface area contributed by atoms with E-state index in [-0.39, 0.29) is 24.0 Å². The number of aliphatic imine (C=N–C) groups is 1. The minimum atomic E-state index is 0. The van der Waals surface area contributed by atoms with Crippen molar-refractivity contribution in [1.29, 1.82) is 0 Å². The third-order valence-corrected chi connectivity index (χ3v) is 4.46. The van der Waals surface area contributed by atoms with Crippen LogP contribution >= 0.6 is 24.0 Å². The van der Waals surface area contributed by atoms with Crippen LogP contribution in [0, 0.1) is 0 Å². The van der Waals surface area contributed by atoms with Gasteiger partial charge in [0.05, 0.1) is 0 Å². The van der Waals surface area contributed by atoms with E-state index in [0.29, 0.717) is 0 Å². The lowest BCUT2D eigenvalue weighted by atomic mass is 10.2. The molecular weight excluding hydrogens is 427 g/mol. The Balaban J connectivity index is 0.00000312. The van der Waals surface area contributed by atoms with E-state index in [1.165, 1.54) is 12.0 Å². The van der Waals surface area contributed by atoms with Crippen LogP contribution in [-0.2, 0) is 6.54 Å². The van der Waals surface area contributed by atoms with Crippen molar-refractivity contribution in [3.05, 3.63) is 23.9 Å². The van der Waals surface area contributed by atoms with Gasteiger partial charge in [0, 0.05) is 52.5 Å². The van der Waals surface area contributed by atoms with Crippen LogP contribution in [0.3, 0.4) is 0 Å². The first kappa shape index (κ1) is 22.0. The number of rotatable bonds is 7. The molecule has 1 aliphatic rings. The maximum absolute atomic E-state index is 4.56. The summed E-state index contributed by atoms with van der Waals surface area (Å²) < 4.78 is 0. The van der Waals surface area contributed by atoms with Crippen molar-refractivity contribution in [2.45, 2.75) is 33.2 Å². The van der Waals surface area contributed by atoms with Crippen LogP contribution in [0.1, 0.15) is 32.3 Å². The normalized spacial score (nSPS) is 15.6. The fourth-order valence-electron chi connectivity index (χ4n) is 2.83. The van der Waals surface area contributed by atoms with Crippen LogP contribution in [0.4, 0.5) is 5.82 Å². The molecule has 2 heterocycles. The van der Waals surface area contributed by atoms with Gasteiger partial charge in [-0.15, -0.1) is 24.0 Å². The molecule has 1 fully saturated rings. The number of pyridine rings is 1. The van der Waals surface area contributed by atoms with Crippen LogP contribution in [0.2, 0.25) is 0 Å². The van der Waals surface area contributed by atoms with E-state index in [2.05, 4.69) is 56.4 Å². The zero-order chi connectivity index (χ0) is 17.2. The second-order valence-corrected chi connectivity index (χ2v) is 6.15. The third-order valence-electron chi connectivity index (χ3n) is 4.46. The van der Waals surface area contributed by atoms with Gasteiger partial charge in [-0.1, -0.05) is 20.3 Å². The summed E-state index contributed by atoms with van der Waals surface area (Å²) in [6.45, 7) is 11.6. The van der Waals surface area contributed by atoms with E-state index >= 15 is 0 Å². The second kappa shape index (κ2) is 12.3. The Bertz CT molecular complexity index is 514. The van der Waals surface area contributed by atoms with Crippen molar-refractivity contribution in [3.8, 4) is 0 Å². The summed E-state index contributed by atoms with van der Waals surface area (Å²) in [7, 11) is 1.81. The predicted octanol–water partition coefficient (Wildman–Crippen LogP) is 2.31. The predicted molar refractivity (Wildman–Crippen MR) is 117 cm³/mol. The van der Waals surface area contributed by atoms with E-state index in [1.54, 1.807) is 0 Å². The quantitative estimate of drug-likeness (QED) is 0.283. The summed E-state index contributed by atoms with van der Waals surface area (Å²) in [5.41, 5.74) is 1.23. The molecule has 1 aromatic rings. The number of hydrogen-bond donors (Lipinski definition) is 2. The molecule has 1 aliphatic heterocycles. The molecule has 142 valence electrons. The highest BCUT2D eigenvalue weighted by molar-refractivity contribution is 14.0. The average Bonchev–Trinajstić information content (AvgIpc) is 2.65. The zero-order valence-electron chi connectivity index (χ0n) is 15.8. The largest absolute Gasteiger partial charge is 0.356 e. The fourth-order valence-corrected chi connectivity index (χ4v) is 2.83. The van der Waals surface area contributed by atoms with Crippen LogP contribution in [0.5, 0.6) is 0 Å². The number of aromatic nitrogens is 1. The molecule has 7 heteroatoms. The summed E-state index contributed by atoms with van der Waals surface area (Å²) >= 11 is 0. The molecule has 6 nitrogen and oxygen atoms in total. The van der Waals surface area contributed by atoms with Crippen molar-refractivity contribution in [1.82, 2.24) is 20.5 Å². The molecule has 0 amide bonds. The molecule has 0 aliphatic carbocycles. The number of nitrogens with zero attached hydrogens (tertiary/aromatic N) is 4. The summed E-state index contributed by atoms with van der Waals surface area (Å²) in [4.78, 5) is 13.7. The van der Waals surface area contributed by atoms with Crippen molar-refractivity contribution >= 4 is 35.8 Å². The molecule has 0 spiro atoms. The Labute approximate surface area is 169 Å². The number of unbranched alkanes of at least 4 members (excludes halogenated alkanes) is 1. The first-order valence-electron chi connectivity index (χ1n) is 9.13. The molecule has 2 rings (SSSR count).